The van der Waals surface area contributed by atoms with Crippen molar-refractivity contribution in [1.29, 1.82) is 0 Å². The Morgan fingerprint density at radius 2 is 2.22 bits per heavy atom. The zero-order valence-electron chi connectivity index (χ0n) is 10.0. The first kappa shape index (κ1) is 14.9. The number of carbonyl (C=O) groups excluding carboxylic acids is 1. The molecule has 0 heterocycles. The molecule has 6 heteroatoms. The maximum Gasteiger partial charge on any atom is 0.230 e. The Morgan fingerprint density at radius 3 is 2.89 bits per heavy atom. The van der Waals surface area contributed by atoms with Crippen molar-refractivity contribution in [3.05, 3.63) is 29.8 Å². The fourth-order valence-electron chi connectivity index (χ4n) is 1.23. The van der Waals surface area contributed by atoms with Crippen molar-refractivity contribution in [3.8, 4) is 0 Å². The van der Waals surface area contributed by atoms with E-state index in [1.54, 1.807) is 7.11 Å². The van der Waals surface area contributed by atoms with Crippen molar-refractivity contribution < 1.29 is 18.3 Å². The molecule has 0 spiro atoms. The lowest BCUT2D eigenvalue weighted by molar-refractivity contribution is -0.118. The van der Waals surface area contributed by atoms with Crippen molar-refractivity contribution in [3.63, 3.8) is 0 Å². The first-order valence-electron chi connectivity index (χ1n) is 5.47. The summed E-state index contributed by atoms with van der Waals surface area (Å²) in [5, 5.41) is 2.68. The number of methoxy groups -OCH3 is 1. The predicted octanol–water partition coefficient (Wildman–Crippen LogP) is 2.21. The predicted molar refractivity (Wildman–Crippen MR) is 66.6 cm³/mol. The second-order valence-corrected chi connectivity index (χ2v) is 4.58. The van der Waals surface area contributed by atoms with Gasteiger partial charge in [-0.3, -0.25) is 4.79 Å². The Kier molecular flexibility index (Phi) is 6.67. The highest BCUT2D eigenvalue weighted by molar-refractivity contribution is 8.00. The van der Waals surface area contributed by atoms with E-state index in [9.17, 15) is 13.6 Å². The van der Waals surface area contributed by atoms with Crippen molar-refractivity contribution in [1.82, 2.24) is 5.32 Å². The fourth-order valence-corrected chi connectivity index (χ4v) is 1.98. The van der Waals surface area contributed by atoms with Crippen molar-refractivity contribution >= 4 is 17.7 Å². The third-order valence-electron chi connectivity index (χ3n) is 2.10. The summed E-state index contributed by atoms with van der Waals surface area (Å²) in [5.41, 5.74) is 0. The Hall–Kier alpha value is -1.14. The van der Waals surface area contributed by atoms with Gasteiger partial charge in [0, 0.05) is 31.2 Å². The van der Waals surface area contributed by atoms with E-state index in [0.29, 0.717) is 13.2 Å². The van der Waals surface area contributed by atoms with E-state index in [2.05, 4.69) is 5.32 Å². The van der Waals surface area contributed by atoms with Gasteiger partial charge < -0.3 is 10.1 Å². The van der Waals surface area contributed by atoms with E-state index in [0.717, 1.165) is 24.2 Å². The van der Waals surface area contributed by atoms with Crippen LogP contribution >= 0.6 is 11.8 Å². The van der Waals surface area contributed by atoms with Crippen molar-refractivity contribution in [2.45, 2.75) is 11.3 Å². The van der Waals surface area contributed by atoms with Crippen LogP contribution in [0.1, 0.15) is 6.42 Å². The molecule has 3 nitrogen and oxygen atoms in total. The number of amides is 1. The minimum Gasteiger partial charge on any atom is -0.385 e. The monoisotopic (exact) mass is 275 g/mol. The molecule has 1 rings (SSSR count). The first-order valence-corrected chi connectivity index (χ1v) is 6.45. The van der Waals surface area contributed by atoms with E-state index >= 15 is 0 Å². The molecule has 18 heavy (non-hydrogen) atoms. The van der Waals surface area contributed by atoms with Crippen LogP contribution in [0.15, 0.2) is 23.1 Å². The van der Waals surface area contributed by atoms with E-state index in [-0.39, 0.29) is 16.6 Å². The largest absolute Gasteiger partial charge is 0.385 e. The Bertz CT molecular complexity index is 402. The molecule has 0 unspecified atom stereocenters. The van der Waals surface area contributed by atoms with E-state index in [4.69, 9.17) is 4.74 Å². The Labute approximate surface area is 109 Å². The third-order valence-corrected chi connectivity index (χ3v) is 3.15. The Morgan fingerprint density at radius 1 is 1.44 bits per heavy atom. The number of rotatable bonds is 7. The lowest BCUT2D eigenvalue weighted by atomic mass is 10.3. The molecule has 0 fully saturated rings. The van der Waals surface area contributed by atoms with Gasteiger partial charge in [0.1, 0.15) is 11.6 Å². The molecule has 1 aromatic carbocycles. The molecule has 0 aromatic heterocycles. The van der Waals surface area contributed by atoms with Gasteiger partial charge in [0.05, 0.1) is 5.75 Å². The molecule has 0 aliphatic rings. The molecule has 0 saturated carbocycles. The molecular formula is C12H15F2NO2S. The van der Waals surface area contributed by atoms with Crippen LogP contribution in [0.2, 0.25) is 0 Å². The summed E-state index contributed by atoms with van der Waals surface area (Å²) in [6, 6.07) is 3.30. The minimum atomic E-state index is -0.646. The zero-order chi connectivity index (χ0) is 13.4. The molecule has 0 saturated heterocycles. The zero-order valence-corrected chi connectivity index (χ0v) is 10.9. The van der Waals surface area contributed by atoms with Crippen molar-refractivity contribution in [2.24, 2.45) is 0 Å². The fraction of sp³-hybridized carbons (Fsp3) is 0.417. The van der Waals surface area contributed by atoms with Gasteiger partial charge in [-0.15, -0.1) is 11.8 Å². The summed E-state index contributed by atoms with van der Waals surface area (Å²) in [4.78, 5) is 11.7. The van der Waals surface area contributed by atoms with Gasteiger partial charge in [-0.25, -0.2) is 8.78 Å². The number of hydrogen-bond donors (Lipinski definition) is 1. The summed E-state index contributed by atoms with van der Waals surface area (Å²) < 4.78 is 30.7. The lowest BCUT2D eigenvalue weighted by Crippen LogP contribution is -2.26. The molecule has 0 bridgehead atoms. The van der Waals surface area contributed by atoms with E-state index < -0.39 is 11.6 Å². The number of benzene rings is 1. The van der Waals surface area contributed by atoms with Crippen molar-refractivity contribution in [2.75, 3.05) is 26.0 Å². The van der Waals surface area contributed by atoms with Crippen LogP contribution in [-0.4, -0.2) is 31.9 Å². The Balaban J connectivity index is 2.29. The van der Waals surface area contributed by atoms with Gasteiger partial charge in [-0.1, -0.05) is 0 Å². The van der Waals surface area contributed by atoms with Gasteiger partial charge in [-0.2, -0.15) is 0 Å². The van der Waals surface area contributed by atoms with Gasteiger partial charge in [-0.05, 0) is 18.6 Å². The van der Waals surface area contributed by atoms with Gasteiger partial charge in [0.25, 0.3) is 0 Å². The van der Waals surface area contributed by atoms with Gasteiger partial charge >= 0.3 is 0 Å². The normalized spacial score (nSPS) is 10.4. The highest BCUT2D eigenvalue weighted by Gasteiger charge is 2.07. The minimum absolute atomic E-state index is 0.107. The highest BCUT2D eigenvalue weighted by atomic mass is 32.2. The van der Waals surface area contributed by atoms with Crippen LogP contribution < -0.4 is 5.32 Å². The SMILES string of the molecule is COCCCNC(=O)CSc1ccc(F)cc1F. The van der Waals surface area contributed by atoms with Crippen LogP contribution in [0.5, 0.6) is 0 Å². The van der Waals surface area contributed by atoms with E-state index in [1.165, 1.54) is 12.1 Å². The second-order valence-electron chi connectivity index (χ2n) is 3.56. The average molecular weight is 275 g/mol. The molecule has 1 aromatic rings. The van der Waals surface area contributed by atoms with Crippen LogP contribution in [0.4, 0.5) is 8.78 Å². The van der Waals surface area contributed by atoms with Crippen LogP contribution in [0.25, 0.3) is 0 Å². The molecule has 1 N–H and O–H groups in total. The summed E-state index contributed by atoms with van der Waals surface area (Å²) in [7, 11) is 1.59. The standard InChI is InChI=1S/C12H15F2NO2S/c1-17-6-2-5-15-12(16)8-18-11-4-3-9(13)7-10(11)14/h3-4,7H,2,5-6,8H2,1H3,(H,15,16). The number of nitrogens with one attached hydrogen (secondary N) is 1. The summed E-state index contributed by atoms with van der Waals surface area (Å²) in [6.45, 7) is 1.11. The summed E-state index contributed by atoms with van der Waals surface area (Å²) >= 11 is 1.04. The third kappa shape index (κ3) is 5.46. The van der Waals surface area contributed by atoms with Crippen LogP contribution in [-0.2, 0) is 9.53 Å². The van der Waals surface area contributed by atoms with Gasteiger partial charge in [0.2, 0.25) is 5.91 Å². The molecule has 1 amide bonds. The van der Waals surface area contributed by atoms with E-state index in [1.807, 2.05) is 0 Å². The average Bonchev–Trinajstić information content (AvgIpc) is 2.33. The number of thioether (sulfide) groups is 1. The quantitative estimate of drug-likeness (QED) is 0.612. The maximum atomic E-state index is 13.2. The summed E-state index contributed by atoms with van der Waals surface area (Å²) in [6.07, 6.45) is 0.734. The number of hydrogen-bond acceptors (Lipinski definition) is 3. The topological polar surface area (TPSA) is 38.3 Å². The molecule has 0 aliphatic carbocycles. The number of carbonyl (C=O) groups is 1. The molecule has 0 aliphatic heterocycles. The maximum absolute atomic E-state index is 13.2. The van der Waals surface area contributed by atoms with Crippen LogP contribution in [0.3, 0.4) is 0 Å². The number of halogens is 2. The highest BCUT2D eigenvalue weighted by Crippen LogP contribution is 2.21. The second kappa shape index (κ2) is 8.05. The molecule has 0 radical (unpaired) electrons. The first-order chi connectivity index (χ1) is 8.63. The van der Waals surface area contributed by atoms with Gasteiger partial charge in [0.15, 0.2) is 0 Å². The van der Waals surface area contributed by atoms with Crippen LogP contribution in [0, 0.1) is 11.6 Å². The smallest absolute Gasteiger partial charge is 0.230 e. The molecule has 0 atom stereocenters. The molecular weight excluding hydrogens is 260 g/mol. The number of ether oxygens (including phenoxy) is 1. The lowest BCUT2D eigenvalue weighted by Gasteiger charge is -2.05. The molecule has 100 valence electrons. The summed E-state index contributed by atoms with van der Waals surface area (Å²) in [5.74, 6) is -1.34.